The normalized spacial score (nSPS) is 13.8. The first-order chi connectivity index (χ1) is 18.2. The van der Waals surface area contributed by atoms with Crippen LogP contribution in [0, 0.1) is 6.92 Å². The summed E-state index contributed by atoms with van der Waals surface area (Å²) in [4.78, 5) is 25.6. The summed E-state index contributed by atoms with van der Waals surface area (Å²) in [6.07, 6.45) is 2.86. The Morgan fingerprint density at radius 3 is 2.50 bits per heavy atom. The highest BCUT2D eigenvalue weighted by molar-refractivity contribution is 5.81. The van der Waals surface area contributed by atoms with E-state index in [1.165, 1.54) is 4.57 Å². The summed E-state index contributed by atoms with van der Waals surface area (Å²) in [5.74, 6) is 2.25. The number of aromatic nitrogens is 7. The SMILES string of the molecule is COc1nc(C)nc(C2CC2)c1-c1ncc2[nH]cc(Cc3ccc(-c4nc(C(F)(F)F)cn4C)cc3)c2n1. The number of alkyl halides is 3. The summed E-state index contributed by atoms with van der Waals surface area (Å²) in [5.41, 5.74) is 4.87. The lowest BCUT2D eigenvalue weighted by Gasteiger charge is -2.12. The predicted molar refractivity (Wildman–Crippen MR) is 135 cm³/mol. The lowest BCUT2D eigenvalue weighted by molar-refractivity contribution is -0.140. The third kappa shape index (κ3) is 4.37. The number of nitrogens with one attached hydrogen (secondary N) is 1. The molecule has 38 heavy (non-hydrogen) atoms. The number of benzene rings is 1. The second kappa shape index (κ2) is 8.93. The average molecular weight is 520 g/mol. The molecule has 0 spiro atoms. The Labute approximate surface area is 216 Å². The topological polar surface area (TPSA) is 94.4 Å². The van der Waals surface area contributed by atoms with Crippen LogP contribution >= 0.6 is 0 Å². The molecule has 0 radical (unpaired) electrons. The smallest absolute Gasteiger partial charge is 0.434 e. The van der Waals surface area contributed by atoms with Crippen molar-refractivity contribution in [3.05, 3.63) is 71.2 Å². The van der Waals surface area contributed by atoms with Crippen LogP contribution in [0.3, 0.4) is 0 Å². The van der Waals surface area contributed by atoms with Gasteiger partial charge in [-0.05, 0) is 25.3 Å². The Morgan fingerprint density at radius 1 is 1.08 bits per heavy atom. The molecule has 5 aromatic rings. The van der Waals surface area contributed by atoms with Crippen LogP contribution in [0.1, 0.15) is 47.1 Å². The number of ether oxygens (including phenoxy) is 1. The molecule has 0 bridgehead atoms. The number of methoxy groups -OCH3 is 1. The molecule has 0 amide bonds. The molecular weight excluding hydrogens is 495 g/mol. The van der Waals surface area contributed by atoms with E-state index in [0.717, 1.165) is 52.5 Å². The Bertz CT molecular complexity index is 1650. The molecule has 1 saturated carbocycles. The minimum Gasteiger partial charge on any atom is -0.480 e. The van der Waals surface area contributed by atoms with Gasteiger partial charge in [0.15, 0.2) is 11.5 Å². The van der Waals surface area contributed by atoms with E-state index < -0.39 is 11.9 Å². The lowest BCUT2D eigenvalue weighted by atomic mass is 10.0. The van der Waals surface area contributed by atoms with Gasteiger partial charge in [-0.3, -0.25) is 0 Å². The van der Waals surface area contributed by atoms with Crippen molar-refractivity contribution in [1.29, 1.82) is 0 Å². The molecule has 0 atom stereocenters. The van der Waals surface area contributed by atoms with E-state index in [2.05, 4.69) is 24.9 Å². The number of hydrogen-bond acceptors (Lipinski definition) is 6. The number of rotatable bonds is 6. The van der Waals surface area contributed by atoms with Crippen LogP contribution in [0.25, 0.3) is 33.8 Å². The zero-order valence-electron chi connectivity index (χ0n) is 21.0. The maximum atomic E-state index is 13.1. The molecule has 8 nitrogen and oxygen atoms in total. The second-order valence-electron chi connectivity index (χ2n) is 9.52. The molecule has 6 rings (SSSR count). The molecule has 0 aliphatic heterocycles. The van der Waals surface area contributed by atoms with Crippen LogP contribution in [0.15, 0.2) is 42.9 Å². The molecule has 1 aliphatic rings. The highest BCUT2D eigenvalue weighted by atomic mass is 19.4. The van der Waals surface area contributed by atoms with Crippen LogP contribution in [0.4, 0.5) is 13.2 Å². The Hall–Kier alpha value is -4.28. The number of aromatic amines is 1. The van der Waals surface area contributed by atoms with Crippen LogP contribution in [0.5, 0.6) is 5.88 Å². The molecule has 1 aromatic carbocycles. The zero-order valence-corrected chi connectivity index (χ0v) is 21.0. The van der Waals surface area contributed by atoms with Crippen molar-refractivity contribution in [2.75, 3.05) is 7.11 Å². The van der Waals surface area contributed by atoms with Crippen LogP contribution in [0.2, 0.25) is 0 Å². The molecule has 1 fully saturated rings. The minimum atomic E-state index is -4.49. The molecule has 11 heteroatoms. The fraction of sp³-hybridized carbons (Fsp3) is 0.296. The van der Waals surface area contributed by atoms with Crippen LogP contribution in [-0.2, 0) is 19.6 Å². The number of nitrogens with zero attached hydrogens (tertiary/aromatic N) is 6. The molecule has 194 valence electrons. The third-order valence-electron chi connectivity index (χ3n) is 6.66. The number of hydrogen-bond donors (Lipinski definition) is 1. The van der Waals surface area contributed by atoms with E-state index in [1.54, 1.807) is 32.5 Å². The van der Waals surface area contributed by atoms with Crippen molar-refractivity contribution in [1.82, 2.24) is 34.5 Å². The van der Waals surface area contributed by atoms with Gasteiger partial charge in [-0.15, -0.1) is 0 Å². The summed E-state index contributed by atoms with van der Waals surface area (Å²) < 4.78 is 46.1. The zero-order chi connectivity index (χ0) is 26.6. The van der Waals surface area contributed by atoms with Gasteiger partial charge in [0.1, 0.15) is 17.2 Å². The summed E-state index contributed by atoms with van der Waals surface area (Å²) in [6.45, 7) is 1.85. The average Bonchev–Trinajstić information content (AvgIpc) is 3.56. The Balaban J connectivity index is 1.32. The van der Waals surface area contributed by atoms with E-state index in [4.69, 9.17) is 9.72 Å². The summed E-state index contributed by atoms with van der Waals surface area (Å²) in [7, 11) is 3.14. The molecular formula is C27H24F3N7O. The highest BCUT2D eigenvalue weighted by Crippen LogP contribution is 2.45. The van der Waals surface area contributed by atoms with Gasteiger partial charge in [-0.2, -0.15) is 18.2 Å². The summed E-state index contributed by atoms with van der Waals surface area (Å²) in [6, 6.07) is 7.34. The van der Waals surface area contributed by atoms with Gasteiger partial charge in [0, 0.05) is 42.9 Å². The van der Waals surface area contributed by atoms with E-state index in [9.17, 15) is 13.2 Å². The van der Waals surface area contributed by atoms with Crippen molar-refractivity contribution >= 4 is 11.0 Å². The first-order valence-corrected chi connectivity index (χ1v) is 12.2. The molecule has 4 heterocycles. The van der Waals surface area contributed by atoms with Gasteiger partial charge < -0.3 is 14.3 Å². The monoisotopic (exact) mass is 519 g/mol. The van der Waals surface area contributed by atoms with Crippen molar-refractivity contribution in [2.24, 2.45) is 7.05 Å². The van der Waals surface area contributed by atoms with Crippen molar-refractivity contribution in [3.63, 3.8) is 0 Å². The summed E-state index contributed by atoms with van der Waals surface area (Å²) in [5, 5.41) is 0. The van der Waals surface area contributed by atoms with Crippen molar-refractivity contribution < 1.29 is 17.9 Å². The van der Waals surface area contributed by atoms with Crippen LogP contribution < -0.4 is 4.74 Å². The lowest BCUT2D eigenvalue weighted by Crippen LogP contribution is -2.05. The van der Waals surface area contributed by atoms with Crippen molar-refractivity contribution in [2.45, 2.75) is 38.3 Å². The fourth-order valence-electron chi connectivity index (χ4n) is 4.66. The first kappa shape index (κ1) is 24.1. The Morgan fingerprint density at radius 2 is 1.84 bits per heavy atom. The van der Waals surface area contributed by atoms with Gasteiger partial charge in [0.25, 0.3) is 0 Å². The number of imidazole rings is 1. The standard InChI is InChI=1S/C27H24F3N7O/c1-14-33-23(16-8-9-16)21(26(34-14)38-3)24-32-12-19-22(36-24)18(11-31-19)10-15-4-6-17(7-5-15)25-35-20(13-37(25)2)27(28,29)30/h4-7,11-13,16,31H,8-10H2,1-3H3. The largest absolute Gasteiger partial charge is 0.480 e. The van der Waals surface area contributed by atoms with E-state index in [0.29, 0.717) is 35.4 Å². The molecule has 1 N–H and O–H groups in total. The molecule has 0 saturated heterocycles. The molecule has 0 unspecified atom stereocenters. The van der Waals surface area contributed by atoms with E-state index in [-0.39, 0.29) is 5.82 Å². The van der Waals surface area contributed by atoms with E-state index >= 15 is 0 Å². The molecule has 4 aromatic heterocycles. The fourth-order valence-corrected chi connectivity index (χ4v) is 4.66. The number of H-pyrrole nitrogens is 1. The highest BCUT2D eigenvalue weighted by Gasteiger charge is 2.35. The van der Waals surface area contributed by atoms with Gasteiger partial charge >= 0.3 is 6.18 Å². The van der Waals surface area contributed by atoms with Crippen LogP contribution in [-0.4, -0.2) is 41.6 Å². The first-order valence-electron chi connectivity index (χ1n) is 12.2. The number of halogens is 3. The van der Waals surface area contributed by atoms with Gasteiger partial charge in [0.2, 0.25) is 5.88 Å². The predicted octanol–water partition coefficient (Wildman–Crippen LogP) is 5.62. The van der Waals surface area contributed by atoms with Gasteiger partial charge in [-0.1, -0.05) is 24.3 Å². The number of aryl methyl sites for hydroxylation is 2. The molecule has 1 aliphatic carbocycles. The third-order valence-corrected chi connectivity index (χ3v) is 6.66. The maximum Gasteiger partial charge on any atom is 0.434 e. The van der Waals surface area contributed by atoms with Crippen molar-refractivity contribution in [3.8, 4) is 28.7 Å². The quantitative estimate of drug-likeness (QED) is 0.313. The minimum absolute atomic E-state index is 0.258. The second-order valence-corrected chi connectivity index (χ2v) is 9.52. The summed E-state index contributed by atoms with van der Waals surface area (Å²) >= 11 is 0. The maximum absolute atomic E-state index is 13.1. The van der Waals surface area contributed by atoms with Gasteiger partial charge in [-0.25, -0.2) is 19.9 Å². The Kier molecular flexibility index (Phi) is 5.66. The van der Waals surface area contributed by atoms with Gasteiger partial charge in [0.05, 0.1) is 30.0 Å². The number of fused-ring (bicyclic) bond motifs is 1. The van der Waals surface area contributed by atoms with E-state index in [1.807, 2.05) is 25.3 Å².